The number of hydrogen-bond acceptors (Lipinski definition) is 3. The number of cyclic esters (lactones) is 2. The van der Waals surface area contributed by atoms with Gasteiger partial charge >= 0.3 is 11.9 Å². The Morgan fingerprint density at radius 2 is 2.00 bits per heavy atom. The van der Waals surface area contributed by atoms with Crippen LogP contribution in [0.4, 0.5) is 0 Å². The van der Waals surface area contributed by atoms with Crippen LogP contribution in [-0.2, 0) is 14.3 Å². The zero-order valence-corrected chi connectivity index (χ0v) is 6.21. The van der Waals surface area contributed by atoms with Crippen LogP contribution in [0.15, 0.2) is 0 Å². The van der Waals surface area contributed by atoms with Crippen molar-refractivity contribution < 1.29 is 14.3 Å². The third-order valence-electron chi connectivity index (χ3n) is 2.62. The lowest BCUT2D eigenvalue weighted by atomic mass is 9.75. The first-order chi connectivity index (χ1) is 5.27. The largest absolute Gasteiger partial charge is 0.393 e. The predicted molar refractivity (Wildman–Crippen MR) is 36.5 cm³/mol. The van der Waals surface area contributed by atoms with E-state index in [1.807, 2.05) is 0 Å². The van der Waals surface area contributed by atoms with Crippen LogP contribution in [0, 0.1) is 11.8 Å². The lowest BCUT2D eigenvalue weighted by Gasteiger charge is -2.27. The molecule has 0 spiro atoms. The molecule has 0 aromatic rings. The summed E-state index contributed by atoms with van der Waals surface area (Å²) in [5.41, 5.74) is 0. The fraction of sp³-hybridized carbons (Fsp3) is 0.750. The third-order valence-corrected chi connectivity index (χ3v) is 2.62. The molecule has 3 nitrogen and oxygen atoms in total. The maximum atomic E-state index is 11.0. The molecule has 3 heteroatoms. The molecule has 1 saturated carbocycles. The van der Waals surface area contributed by atoms with Gasteiger partial charge in [-0.3, -0.25) is 9.59 Å². The average molecular weight is 154 g/mol. The van der Waals surface area contributed by atoms with Crippen molar-refractivity contribution in [2.45, 2.75) is 25.7 Å². The van der Waals surface area contributed by atoms with Crippen LogP contribution in [0.3, 0.4) is 0 Å². The Hall–Kier alpha value is -0.860. The Kier molecular flexibility index (Phi) is 1.44. The Bertz CT molecular complexity index is 205. The Morgan fingerprint density at radius 1 is 1.27 bits per heavy atom. The molecule has 1 heterocycles. The van der Waals surface area contributed by atoms with Crippen LogP contribution in [0.2, 0.25) is 0 Å². The van der Waals surface area contributed by atoms with Crippen LogP contribution in [0.5, 0.6) is 0 Å². The van der Waals surface area contributed by atoms with Crippen molar-refractivity contribution >= 4 is 11.9 Å². The molecule has 11 heavy (non-hydrogen) atoms. The van der Waals surface area contributed by atoms with Crippen molar-refractivity contribution in [1.29, 1.82) is 0 Å². The van der Waals surface area contributed by atoms with E-state index in [1.165, 1.54) is 6.42 Å². The minimum absolute atomic E-state index is 0.101. The van der Waals surface area contributed by atoms with E-state index in [9.17, 15) is 9.59 Å². The summed E-state index contributed by atoms with van der Waals surface area (Å²) >= 11 is 0. The molecule has 0 aromatic heterocycles. The summed E-state index contributed by atoms with van der Waals surface area (Å²) in [4.78, 5) is 21.6. The summed E-state index contributed by atoms with van der Waals surface area (Å²) in [6.07, 6.45) is 3.70. The summed E-state index contributed by atoms with van der Waals surface area (Å²) in [7, 11) is 0. The molecule has 1 atom stereocenters. The predicted octanol–water partition coefficient (Wildman–Crippen LogP) is 0.876. The summed E-state index contributed by atoms with van der Waals surface area (Å²) in [6, 6.07) is 0. The number of esters is 2. The summed E-state index contributed by atoms with van der Waals surface area (Å²) in [6.45, 7) is 0. The molecule has 2 rings (SSSR count). The van der Waals surface area contributed by atoms with Crippen LogP contribution in [0.25, 0.3) is 0 Å². The second-order valence-electron chi connectivity index (χ2n) is 3.29. The molecule has 0 radical (unpaired) electrons. The molecule has 1 saturated heterocycles. The molecule has 1 aliphatic carbocycles. The van der Waals surface area contributed by atoms with Crippen LogP contribution >= 0.6 is 0 Å². The van der Waals surface area contributed by atoms with Gasteiger partial charge in [0, 0.05) is 0 Å². The Morgan fingerprint density at radius 3 is 2.36 bits per heavy atom. The molecule has 1 unspecified atom stereocenters. The smallest absolute Gasteiger partial charge is 0.317 e. The van der Waals surface area contributed by atoms with Gasteiger partial charge in [0.25, 0.3) is 0 Å². The highest BCUT2D eigenvalue weighted by molar-refractivity contribution is 5.94. The van der Waals surface area contributed by atoms with E-state index in [0.29, 0.717) is 12.3 Å². The van der Waals surface area contributed by atoms with Gasteiger partial charge in [0.1, 0.15) is 0 Å². The van der Waals surface area contributed by atoms with Crippen LogP contribution in [-0.4, -0.2) is 11.9 Å². The van der Waals surface area contributed by atoms with E-state index < -0.39 is 0 Å². The van der Waals surface area contributed by atoms with Crippen molar-refractivity contribution in [3.05, 3.63) is 0 Å². The number of carbonyl (C=O) groups excluding carboxylic acids is 2. The summed E-state index contributed by atoms with van der Waals surface area (Å²) < 4.78 is 4.45. The topological polar surface area (TPSA) is 43.4 Å². The van der Waals surface area contributed by atoms with Gasteiger partial charge in [0.05, 0.1) is 12.3 Å². The molecular formula is C8H10O3. The highest BCUT2D eigenvalue weighted by Gasteiger charge is 2.41. The molecule has 2 fully saturated rings. The monoisotopic (exact) mass is 154 g/mol. The summed E-state index contributed by atoms with van der Waals surface area (Å²) in [5, 5.41) is 0. The molecule has 2 aliphatic rings. The summed E-state index contributed by atoms with van der Waals surface area (Å²) in [5.74, 6) is -0.295. The molecule has 1 aliphatic heterocycles. The van der Waals surface area contributed by atoms with E-state index in [-0.39, 0.29) is 17.9 Å². The SMILES string of the molecule is O=C1CC(C2CCC2)C(=O)O1. The maximum Gasteiger partial charge on any atom is 0.317 e. The minimum Gasteiger partial charge on any atom is -0.393 e. The fourth-order valence-electron chi connectivity index (χ4n) is 1.69. The number of rotatable bonds is 1. The molecule has 0 amide bonds. The molecule has 0 N–H and O–H groups in total. The van der Waals surface area contributed by atoms with Gasteiger partial charge in [-0.2, -0.15) is 0 Å². The number of carbonyl (C=O) groups is 2. The number of ether oxygens (including phenoxy) is 1. The highest BCUT2D eigenvalue weighted by atomic mass is 16.6. The van der Waals surface area contributed by atoms with Gasteiger partial charge < -0.3 is 4.74 Å². The third kappa shape index (κ3) is 1.04. The number of hydrogen-bond donors (Lipinski definition) is 0. The molecule has 60 valence electrons. The fourth-order valence-corrected chi connectivity index (χ4v) is 1.69. The normalized spacial score (nSPS) is 31.8. The van der Waals surface area contributed by atoms with E-state index in [1.54, 1.807) is 0 Å². The average Bonchev–Trinajstić information content (AvgIpc) is 2.07. The van der Waals surface area contributed by atoms with Gasteiger partial charge in [0.2, 0.25) is 0 Å². The van der Waals surface area contributed by atoms with Crippen molar-refractivity contribution in [2.24, 2.45) is 11.8 Å². The van der Waals surface area contributed by atoms with Gasteiger partial charge in [-0.25, -0.2) is 0 Å². The molecule has 0 aromatic carbocycles. The Balaban J connectivity index is 2.02. The lowest BCUT2D eigenvalue weighted by Crippen LogP contribution is -2.25. The van der Waals surface area contributed by atoms with Crippen molar-refractivity contribution in [3.63, 3.8) is 0 Å². The zero-order chi connectivity index (χ0) is 7.84. The van der Waals surface area contributed by atoms with Crippen LogP contribution < -0.4 is 0 Å². The lowest BCUT2D eigenvalue weighted by molar-refractivity contribution is -0.153. The van der Waals surface area contributed by atoms with Gasteiger partial charge in [-0.05, 0) is 18.8 Å². The second-order valence-corrected chi connectivity index (χ2v) is 3.29. The van der Waals surface area contributed by atoms with Crippen molar-refractivity contribution in [1.82, 2.24) is 0 Å². The van der Waals surface area contributed by atoms with Gasteiger partial charge in [-0.15, -0.1) is 0 Å². The van der Waals surface area contributed by atoms with E-state index in [4.69, 9.17) is 0 Å². The minimum atomic E-state index is -0.341. The second kappa shape index (κ2) is 2.32. The van der Waals surface area contributed by atoms with Gasteiger partial charge in [0.15, 0.2) is 0 Å². The van der Waals surface area contributed by atoms with E-state index in [2.05, 4.69) is 4.74 Å². The first-order valence-electron chi connectivity index (χ1n) is 4.02. The zero-order valence-electron chi connectivity index (χ0n) is 6.21. The van der Waals surface area contributed by atoms with Crippen LogP contribution in [0.1, 0.15) is 25.7 Å². The van der Waals surface area contributed by atoms with Gasteiger partial charge in [-0.1, -0.05) is 6.42 Å². The molecular weight excluding hydrogens is 144 g/mol. The Labute approximate surface area is 64.7 Å². The highest BCUT2D eigenvalue weighted by Crippen LogP contribution is 2.38. The van der Waals surface area contributed by atoms with E-state index >= 15 is 0 Å². The standard InChI is InChI=1S/C8H10O3/c9-7-4-6(8(10)11-7)5-2-1-3-5/h5-6H,1-4H2. The van der Waals surface area contributed by atoms with E-state index in [0.717, 1.165) is 12.8 Å². The maximum absolute atomic E-state index is 11.0. The quantitative estimate of drug-likeness (QED) is 0.416. The first-order valence-corrected chi connectivity index (χ1v) is 4.02. The van der Waals surface area contributed by atoms with Crippen molar-refractivity contribution in [3.8, 4) is 0 Å². The first kappa shape index (κ1) is 6.83. The molecule has 0 bridgehead atoms. The van der Waals surface area contributed by atoms with Crippen molar-refractivity contribution in [2.75, 3.05) is 0 Å².